The van der Waals surface area contributed by atoms with Gasteiger partial charge >= 0.3 is 0 Å². The van der Waals surface area contributed by atoms with Gasteiger partial charge in [0.25, 0.3) is 5.69 Å². The number of hydrogen-bond acceptors (Lipinski definition) is 3. The van der Waals surface area contributed by atoms with Crippen LogP contribution in [0.3, 0.4) is 0 Å². The van der Waals surface area contributed by atoms with Crippen LogP contribution in [0, 0.1) is 15.5 Å². The Morgan fingerprint density at radius 3 is 2.78 bits per heavy atom. The lowest BCUT2D eigenvalue weighted by Crippen LogP contribution is -2.18. The molecule has 4 nitrogen and oxygen atoms in total. The molecule has 0 amide bonds. The lowest BCUT2D eigenvalue weighted by Gasteiger charge is -2.18. The fraction of sp³-hybridized carbons (Fsp3) is 0.538. The summed E-state index contributed by atoms with van der Waals surface area (Å²) in [4.78, 5) is 10.7. The van der Waals surface area contributed by atoms with Crippen LogP contribution in [-0.2, 0) is 0 Å². The predicted molar refractivity (Wildman–Crippen MR) is 75.8 cm³/mol. The van der Waals surface area contributed by atoms with Gasteiger partial charge < -0.3 is 5.32 Å². The Balaban J connectivity index is 2.17. The zero-order valence-corrected chi connectivity index (χ0v) is 12.2. The molecule has 2 rings (SSSR count). The summed E-state index contributed by atoms with van der Waals surface area (Å²) in [6.45, 7) is 4.48. The van der Waals surface area contributed by atoms with E-state index in [-0.39, 0.29) is 10.6 Å². The zero-order valence-electron chi connectivity index (χ0n) is 10.6. The normalized spacial score (nSPS) is 21.8. The summed E-state index contributed by atoms with van der Waals surface area (Å²) in [6, 6.07) is 5.48. The van der Waals surface area contributed by atoms with E-state index in [0.717, 1.165) is 23.7 Å². The molecule has 0 spiro atoms. The van der Waals surface area contributed by atoms with E-state index in [1.54, 1.807) is 12.1 Å². The maximum atomic E-state index is 11.0. The van der Waals surface area contributed by atoms with Crippen molar-refractivity contribution in [2.45, 2.75) is 39.2 Å². The molecule has 1 aromatic rings. The van der Waals surface area contributed by atoms with Gasteiger partial charge in [-0.05, 0) is 36.8 Å². The molecule has 0 heterocycles. The van der Waals surface area contributed by atoms with Crippen LogP contribution in [0.5, 0.6) is 0 Å². The summed E-state index contributed by atoms with van der Waals surface area (Å²) < 4.78 is 0.728. The van der Waals surface area contributed by atoms with Crippen LogP contribution in [0.2, 0.25) is 0 Å². The van der Waals surface area contributed by atoms with Gasteiger partial charge in [0.2, 0.25) is 0 Å². The Morgan fingerprint density at radius 2 is 2.22 bits per heavy atom. The van der Waals surface area contributed by atoms with Gasteiger partial charge in [0.1, 0.15) is 5.69 Å². The van der Waals surface area contributed by atoms with Crippen molar-refractivity contribution < 1.29 is 4.92 Å². The molecule has 1 saturated carbocycles. The fourth-order valence-corrected chi connectivity index (χ4v) is 2.91. The third-order valence-corrected chi connectivity index (χ3v) is 3.98. The first kappa shape index (κ1) is 13.3. The van der Waals surface area contributed by atoms with E-state index in [4.69, 9.17) is 0 Å². The molecule has 1 aromatic carbocycles. The number of nitrogens with one attached hydrogen (secondary N) is 1. The molecule has 0 aliphatic heterocycles. The van der Waals surface area contributed by atoms with Crippen molar-refractivity contribution in [3.63, 3.8) is 0 Å². The van der Waals surface area contributed by atoms with Gasteiger partial charge in [-0.3, -0.25) is 10.1 Å². The van der Waals surface area contributed by atoms with Crippen molar-refractivity contribution in [3.05, 3.63) is 32.8 Å². The Bertz CT molecular complexity index is 474. The number of benzene rings is 1. The number of nitro benzene ring substituents is 1. The van der Waals surface area contributed by atoms with Crippen LogP contribution in [0.25, 0.3) is 0 Å². The van der Waals surface area contributed by atoms with Crippen LogP contribution in [0.15, 0.2) is 22.7 Å². The summed E-state index contributed by atoms with van der Waals surface area (Å²) in [6.07, 6.45) is 3.29. The summed E-state index contributed by atoms with van der Waals surface area (Å²) in [7, 11) is 0. The molecular weight excluding hydrogens is 296 g/mol. The maximum Gasteiger partial charge on any atom is 0.293 e. The first-order valence-corrected chi connectivity index (χ1v) is 6.87. The summed E-state index contributed by atoms with van der Waals surface area (Å²) in [5.41, 5.74) is 1.09. The second-order valence-corrected chi connectivity index (χ2v) is 6.58. The SMILES string of the molecule is CC1(C)CCC(Nc2ccc(Br)cc2[N+](=O)[O-])C1. The number of halogens is 1. The van der Waals surface area contributed by atoms with Gasteiger partial charge in [0.05, 0.1) is 4.92 Å². The van der Waals surface area contributed by atoms with Crippen LogP contribution in [0.4, 0.5) is 11.4 Å². The second-order valence-electron chi connectivity index (χ2n) is 5.67. The molecule has 1 N–H and O–H groups in total. The Kier molecular flexibility index (Phi) is 3.61. The van der Waals surface area contributed by atoms with Crippen molar-refractivity contribution in [2.24, 2.45) is 5.41 Å². The molecule has 1 aliphatic rings. The van der Waals surface area contributed by atoms with Gasteiger partial charge in [-0.1, -0.05) is 29.8 Å². The maximum absolute atomic E-state index is 11.0. The number of nitrogens with zero attached hydrogens (tertiary/aromatic N) is 1. The minimum atomic E-state index is -0.340. The van der Waals surface area contributed by atoms with Crippen molar-refractivity contribution >= 4 is 27.3 Å². The fourth-order valence-electron chi connectivity index (χ4n) is 2.56. The average molecular weight is 313 g/mol. The monoisotopic (exact) mass is 312 g/mol. The van der Waals surface area contributed by atoms with Crippen LogP contribution >= 0.6 is 15.9 Å². The van der Waals surface area contributed by atoms with E-state index in [9.17, 15) is 10.1 Å². The summed E-state index contributed by atoms with van der Waals surface area (Å²) in [5, 5.41) is 14.3. The number of hydrogen-bond donors (Lipinski definition) is 1. The molecule has 5 heteroatoms. The summed E-state index contributed by atoms with van der Waals surface area (Å²) >= 11 is 3.26. The molecule has 0 radical (unpaired) electrons. The van der Waals surface area contributed by atoms with Crippen molar-refractivity contribution in [2.75, 3.05) is 5.32 Å². The second kappa shape index (κ2) is 4.88. The van der Waals surface area contributed by atoms with E-state index in [1.165, 1.54) is 0 Å². The number of anilines is 1. The molecule has 1 atom stereocenters. The quantitative estimate of drug-likeness (QED) is 0.667. The predicted octanol–water partition coefficient (Wildman–Crippen LogP) is 4.35. The van der Waals surface area contributed by atoms with Crippen molar-refractivity contribution in [1.82, 2.24) is 0 Å². The molecule has 1 aliphatic carbocycles. The van der Waals surface area contributed by atoms with Gasteiger partial charge in [-0.2, -0.15) is 0 Å². The van der Waals surface area contributed by atoms with Crippen molar-refractivity contribution in [1.29, 1.82) is 0 Å². The third-order valence-electron chi connectivity index (χ3n) is 3.48. The molecule has 0 bridgehead atoms. The van der Waals surface area contributed by atoms with E-state index in [1.807, 2.05) is 6.07 Å². The first-order chi connectivity index (χ1) is 8.37. The molecule has 98 valence electrons. The Labute approximate surface area is 115 Å². The molecule has 1 fully saturated rings. The standard InChI is InChI=1S/C13H17BrN2O2/c1-13(2)6-5-10(8-13)15-11-4-3-9(14)7-12(11)16(17)18/h3-4,7,10,15H,5-6,8H2,1-2H3. The first-order valence-electron chi connectivity index (χ1n) is 6.08. The Hall–Kier alpha value is -1.10. The lowest BCUT2D eigenvalue weighted by molar-refractivity contribution is -0.384. The minimum Gasteiger partial charge on any atom is -0.377 e. The van der Waals surface area contributed by atoms with Gasteiger partial charge in [0.15, 0.2) is 0 Å². The highest BCUT2D eigenvalue weighted by atomic mass is 79.9. The topological polar surface area (TPSA) is 55.2 Å². The summed E-state index contributed by atoms with van der Waals surface area (Å²) in [5.74, 6) is 0. The van der Waals surface area contributed by atoms with Gasteiger partial charge in [0, 0.05) is 16.6 Å². The Morgan fingerprint density at radius 1 is 1.50 bits per heavy atom. The van der Waals surface area contributed by atoms with Crippen LogP contribution in [-0.4, -0.2) is 11.0 Å². The third kappa shape index (κ3) is 3.02. The largest absolute Gasteiger partial charge is 0.377 e. The lowest BCUT2D eigenvalue weighted by atomic mass is 9.92. The van der Waals surface area contributed by atoms with E-state index in [2.05, 4.69) is 35.1 Å². The number of rotatable bonds is 3. The number of nitro groups is 1. The zero-order chi connectivity index (χ0) is 13.3. The van der Waals surface area contributed by atoms with Gasteiger partial charge in [-0.15, -0.1) is 0 Å². The van der Waals surface area contributed by atoms with E-state index in [0.29, 0.717) is 17.1 Å². The molecule has 0 aromatic heterocycles. The van der Waals surface area contributed by atoms with E-state index >= 15 is 0 Å². The minimum absolute atomic E-state index is 0.133. The average Bonchev–Trinajstić information content (AvgIpc) is 2.60. The highest BCUT2D eigenvalue weighted by Crippen LogP contribution is 2.39. The molecule has 1 unspecified atom stereocenters. The van der Waals surface area contributed by atoms with Crippen LogP contribution < -0.4 is 5.32 Å². The molecular formula is C13H17BrN2O2. The van der Waals surface area contributed by atoms with E-state index < -0.39 is 0 Å². The van der Waals surface area contributed by atoms with Crippen LogP contribution in [0.1, 0.15) is 33.1 Å². The molecule has 18 heavy (non-hydrogen) atoms. The molecule has 0 saturated heterocycles. The van der Waals surface area contributed by atoms with Crippen molar-refractivity contribution in [3.8, 4) is 0 Å². The smallest absolute Gasteiger partial charge is 0.293 e. The highest BCUT2D eigenvalue weighted by molar-refractivity contribution is 9.10. The highest BCUT2D eigenvalue weighted by Gasteiger charge is 2.31. The van der Waals surface area contributed by atoms with Gasteiger partial charge in [-0.25, -0.2) is 0 Å².